The van der Waals surface area contributed by atoms with Crippen LogP contribution in [0.5, 0.6) is 11.5 Å². The summed E-state index contributed by atoms with van der Waals surface area (Å²) >= 11 is 0. The van der Waals surface area contributed by atoms with Crippen molar-refractivity contribution in [2.24, 2.45) is 5.73 Å². The topological polar surface area (TPSA) is 78.6 Å². The molecule has 22 heavy (non-hydrogen) atoms. The Morgan fingerprint density at radius 1 is 1.00 bits per heavy atom. The number of carbonyl (C=O) groups excluding carboxylic acids is 2. The lowest BCUT2D eigenvalue weighted by atomic mass is 10.2. The zero-order valence-corrected chi connectivity index (χ0v) is 11.8. The molecule has 0 saturated heterocycles. The van der Waals surface area contributed by atoms with Gasteiger partial charge in [0.15, 0.2) is 6.10 Å². The lowest BCUT2D eigenvalue weighted by Crippen LogP contribution is -2.30. The van der Waals surface area contributed by atoms with E-state index in [0.717, 1.165) is 0 Å². The summed E-state index contributed by atoms with van der Waals surface area (Å²) in [5.74, 6) is -0.775. The normalized spacial score (nSPS) is 11.5. The number of nitrogens with two attached hydrogens (primary N) is 1. The molecule has 0 aromatic heterocycles. The summed E-state index contributed by atoms with van der Waals surface area (Å²) in [6.45, 7) is 1.40. The fourth-order valence-corrected chi connectivity index (χ4v) is 1.58. The monoisotopic (exact) mass is 303 g/mol. The van der Waals surface area contributed by atoms with Gasteiger partial charge in [0.25, 0.3) is 5.91 Å². The average Bonchev–Trinajstić information content (AvgIpc) is 2.50. The molecule has 0 aliphatic carbocycles. The predicted molar refractivity (Wildman–Crippen MR) is 77.0 cm³/mol. The fourth-order valence-electron chi connectivity index (χ4n) is 1.58. The maximum atomic E-state index is 12.8. The molecule has 0 spiro atoms. The molecular formula is C16H14FNO4. The number of esters is 1. The number of benzene rings is 2. The summed E-state index contributed by atoms with van der Waals surface area (Å²) in [5.41, 5.74) is 5.28. The Morgan fingerprint density at radius 3 is 2.00 bits per heavy atom. The van der Waals surface area contributed by atoms with Crippen LogP contribution in [0.3, 0.4) is 0 Å². The molecule has 5 nitrogen and oxygen atoms in total. The third kappa shape index (κ3) is 4.05. The highest BCUT2D eigenvalue weighted by atomic mass is 19.1. The standard InChI is InChI=1S/C16H14FNO4/c1-10(15(18)19)21-16(20)11-2-6-13(7-3-11)22-14-8-4-12(17)5-9-14/h2-10H,1H3,(H2,18,19)/t10-/m0/s1. The van der Waals surface area contributed by atoms with Crippen molar-refractivity contribution in [1.29, 1.82) is 0 Å². The maximum absolute atomic E-state index is 12.8. The van der Waals surface area contributed by atoms with Crippen LogP contribution in [0.2, 0.25) is 0 Å². The van der Waals surface area contributed by atoms with Crippen LogP contribution < -0.4 is 10.5 Å². The van der Waals surface area contributed by atoms with Crippen LogP contribution in [0.25, 0.3) is 0 Å². The minimum absolute atomic E-state index is 0.263. The first-order chi connectivity index (χ1) is 10.5. The van der Waals surface area contributed by atoms with E-state index in [-0.39, 0.29) is 11.4 Å². The van der Waals surface area contributed by atoms with E-state index >= 15 is 0 Å². The van der Waals surface area contributed by atoms with Crippen LogP contribution in [0.15, 0.2) is 48.5 Å². The van der Waals surface area contributed by atoms with E-state index in [1.54, 1.807) is 12.1 Å². The summed E-state index contributed by atoms with van der Waals surface area (Å²) in [5, 5.41) is 0. The van der Waals surface area contributed by atoms with Gasteiger partial charge in [-0.15, -0.1) is 0 Å². The van der Waals surface area contributed by atoms with Crippen molar-refractivity contribution >= 4 is 11.9 Å². The molecule has 2 N–H and O–H groups in total. The molecule has 2 aromatic carbocycles. The molecule has 0 aliphatic rings. The zero-order chi connectivity index (χ0) is 16.1. The van der Waals surface area contributed by atoms with Crippen LogP contribution in [0.1, 0.15) is 17.3 Å². The number of halogens is 1. The van der Waals surface area contributed by atoms with Gasteiger partial charge in [-0.2, -0.15) is 0 Å². The second-order valence-electron chi connectivity index (χ2n) is 4.53. The van der Waals surface area contributed by atoms with E-state index in [4.69, 9.17) is 15.2 Å². The van der Waals surface area contributed by atoms with E-state index in [9.17, 15) is 14.0 Å². The van der Waals surface area contributed by atoms with Crippen LogP contribution in [0.4, 0.5) is 4.39 Å². The number of hydrogen-bond donors (Lipinski definition) is 1. The summed E-state index contributed by atoms with van der Waals surface area (Å²) < 4.78 is 23.2. The van der Waals surface area contributed by atoms with Crippen LogP contribution in [-0.4, -0.2) is 18.0 Å². The zero-order valence-electron chi connectivity index (χ0n) is 11.8. The van der Waals surface area contributed by atoms with Gasteiger partial charge >= 0.3 is 5.97 Å². The molecular weight excluding hydrogens is 289 g/mol. The first-order valence-corrected chi connectivity index (χ1v) is 6.49. The lowest BCUT2D eigenvalue weighted by Gasteiger charge is -2.10. The van der Waals surface area contributed by atoms with Crippen molar-refractivity contribution in [2.75, 3.05) is 0 Å². The lowest BCUT2D eigenvalue weighted by molar-refractivity contribution is -0.125. The van der Waals surface area contributed by atoms with Crippen molar-refractivity contribution in [2.45, 2.75) is 13.0 Å². The number of amides is 1. The third-order valence-electron chi connectivity index (χ3n) is 2.82. The van der Waals surface area contributed by atoms with E-state index in [0.29, 0.717) is 11.5 Å². The van der Waals surface area contributed by atoms with E-state index in [1.807, 2.05) is 0 Å². The number of ether oxygens (including phenoxy) is 2. The number of hydrogen-bond acceptors (Lipinski definition) is 4. The molecule has 0 heterocycles. The molecule has 0 radical (unpaired) electrons. The van der Waals surface area contributed by atoms with E-state index in [1.165, 1.54) is 43.3 Å². The molecule has 0 aliphatic heterocycles. The minimum Gasteiger partial charge on any atom is -0.457 e. The van der Waals surface area contributed by atoms with Crippen LogP contribution in [-0.2, 0) is 9.53 Å². The molecule has 1 atom stereocenters. The molecule has 1 amide bonds. The predicted octanol–water partition coefficient (Wildman–Crippen LogP) is 2.65. The SMILES string of the molecule is C[C@H](OC(=O)c1ccc(Oc2ccc(F)cc2)cc1)C(N)=O. The fraction of sp³-hybridized carbons (Fsp3) is 0.125. The van der Waals surface area contributed by atoms with Crippen molar-refractivity contribution in [3.8, 4) is 11.5 Å². The summed E-state index contributed by atoms with van der Waals surface area (Å²) in [6, 6.07) is 11.7. The van der Waals surface area contributed by atoms with Gasteiger partial charge in [-0.3, -0.25) is 4.79 Å². The van der Waals surface area contributed by atoms with Crippen molar-refractivity contribution in [3.63, 3.8) is 0 Å². The molecule has 0 unspecified atom stereocenters. The summed E-state index contributed by atoms with van der Waals surface area (Å²) in [7, 11) is 0. The first-order valence-electron chi connectivity index (χ1n) is 6.49. The molecule has 2 rings (SSSR count). The summed E-state index contributed by atoms with van der Waals surface area (Å²) in [4.78, 5) is 22.6. The quantitative estimate of drug-likeness (QED) is 0.861. The molecule has 2 aromatic rings. The Labute approximate surface area is 126 Å². The highest BCUT2D eigenvalue weighted by Gasteiger charge is 2.16. The second kappa shape index (κ2) is 6.71. The second-order valence-corrected chi connectivity index (χ2v) is 4.53. The molecule has 114 valence electrons. The summed E-state index contributed by atoms with van der Waals surface area (Å²) in [6.07, 6.45) is -0.998. The highest BCUT2D eigenvalue weighted by molar-refractivity contribution is 5.92. The highest BCUT2D eigenvalue weighted by Crippen LogP contribution is 2.22. The van der Waals surface area contributed by atoms with Crippen molar-refractivity contribution in [3.05, 3.63) is 59.9 Å². The van der Waals surface area contributed by atoms with Gasteiger partial charge in [-0.05, 0) is 55.5 Å². The smallest absolute Gasteiger partial charge is 0.338 e. The van der Waals surface area contributed by atoms with Gasteiger partial charge in [0.05, 0.1) is 5.56 Å². The van der Waals surface area contributed by atoms with E-state index in [2.05, 4.69) is 0 Å². The van der Waals surface area contributed by atoms with Crippen molar-refractivity contribution in [1.82, 2.24) is 0 Å². The number of rotatable bonds is 5. The van der Waals surface area contributed by atoms with Gasteiger partial charge in [0.1, 0.15) is 17.3 Å². The van der Waals surface area contributed by atoms with Gasteiger partial charge in [-0.1, -0.05) is 0 Å². The van der Waals surface area contributed by atoms with Gasteiger partial charge < -0.3 is 15.2 Å². The Morgan fingerprint density at radius 2 is 1.50 bits per heavy atom. The molecule has 0 saturated carbocycles. The Balaban J connectivity index is 2.02. The van der Waals surface area contributed by atoms with Gasteiger partial charge in [-0.25, -0.2) is 9.18 Å². The average molecular weight is 303 g/mol. The number of primary amides is 1. The van der Waals surface area contributed by atoms with Gasteiger partial charge in [0.2, 0.25) is 0 Å². The Kier molecular flexibility index (Phi) is 4.73. The van der Waals surface area contributed by atoms with E-state index < -0.39 is 18.0 Å². The Bertz CT molecular complexity index is 668. The molecule has 6 heteroatoms. The third-order valence-corrected chi connectivity index (χ3v) is 2.82. The maximum Gasteiger partial charge on any atom is 0.338 e. The Hall–Kier alpha value is -2.89. The van der Waals surface area contributed by atoms with Crippen molar-refractivity contribution < 1.29 is 23.5 Å². The van der Waals surface area contributed by atoms with Gasteiger partial charge in [0, 0.05) is 0 Å². The minimum atomic E-state index is -0.998. The largest absolute Gasteiger partial charge is 0.457 e. The first kappa shape index (κ1) is 15.5. The number of carbonyl (C=O) groups is 2. The van der Waals surface area contributed by atoms with Crippen LogP contribution in [0, 0.1) is 5.82 Å². The molecule has 0 bridgehead atoms. The molecule has 0 fully saturated rings. The van der Waals surface area contributed by atoms with Crippen LogP contribution >= 0.6 is 0 Å².